The fraction of sp³-hybridized carbons (Fsp3) is 0.136. The van der Waals surface area contributed by atoms with Crippen molar-refractivity contribution in [3.8, 4) is 11.1 Å². The van der Waals surface area contributed by atoms with E-state index in [9.17, 15) is 9.18 Å². The highest BCUT2D eigenvalue weighted by Crippen LogP contribution is 2.34. The molecular formula is C22H20FN5O2. The van der Waals surface area contributed by atoms with Gasteiger partial charge in [0.1, 0.15) is 29.2 Å². The second-order valence-electron chi connectivity index (χ2n) is 6.80. The van der Waals surface area contributed by atoms with E-state index in [2.05, 4.69) is 15.3 Å². The van der Waals surface area contributed by atoms with Crippen LogP contribution in [0.3, 0.4) is 0 Å². The van der Waals surface area contributed by atoms with Gasteiger partial charge < -0.3 is 21.2 Å². The molecule has 152 valence electrons. The van der Waals surface area contributed by atoms with Crippen molar-refractivity contribution < 1.29 is 8.81 Å². The minimum atomic E-state index is -0.475. The highest BCUT2D eigenvalue weighted by Gasteiger charge is 2.24. The summed E-state index contributed by atoms with van der Waals surface area (Å²) in [5.41, 5.74) is 12.9. The molecule has 0 fully saturated rings. The van der Waals surface area contributed by atoms with Gasteiger partial charge in [-0.05, 0) is 36.2 Å². The number of nitrogen functional groups attached to an aromatic ring is 2. The molecule has 0 amide bonds. The molecule has 1 atom stereocenters. The molecule has 0 aliphatic rings. The molecule has 0 aliphatic carbocycles. The zero-order valence-electron chi connectivity index (χ0n) is 16.2. The van der Waals surface area contributed by atoms with E-state index >= 15 is 0 Å². The molecule has 8 heteroatoms. The summed E-state index contributed by atoms with van der Waals surface area (Å²) in [5, 5.41) is 3.61. The van der Waals surface area contributed by atoms with Crippen LogP contribution in [0.5, 0.6) is 0 Å². The number of hydrogen-bond acceptors (Lipinski definition) is 7. The number of benzene rings is 2. The van der Waals surface area contributed by atoms with E-state index < -0.39 is 11.9 Å². The lowest BCUT2D eigenvalue weighted by molar-refractivity contribution is 0.495. The number of hydrogen-bond donors (Lipinski definition) is 3. The van der Waals surface area contributed by atoms with Gasteiger partial charge in [-0.2, -0.15) is 0 Å². The van der Waals surface area contributed by atoms with Crippen LogP contribution in [0.2, 0.25) is 0 Å². The van der Waals surface area contributed by atoms with E-state index in [0.29, 0.717) is 34.5 Å². The van der Waals surface area contributed by atoms with Gasteiger partial charge in [-0.15, -0.1) is 0 Å². The minimum absolute atomic E-state index is 0.146. The van der Waals surface area contributed by atoms with Crippen LogP contribution in [0.25, 0.3) is 22.1 Å². The second kappa shape index (κ2) is 7.82. The van der Waals surface area contributed by atoms with Crippen LogP contribution in [-0.4, -0.2) is 9.97 Å². The van der Waals surface area contributed by atoms with Crippen LogP contribution < -0.4 is 22.2 Å². The first-order valence-corrected chi connectivity index (χ1v) is 9.43. The predicted octanol–water partition coefficient (Wildman–Crippen LogP) is 4.12. The molecule has 0 radical (unpaired) electrons. The molecule has 0 saturated heterocycles. The van der Waals surface area contributed by atoms with Crippen molar-refractivity contribution in [2.75, 3.05) is 16.8 Å². The number of fused-ring (bicyclic) bond motifs is 1. The number of nitrogens with one attached hydrogen (secondary N) is 1. The number of nitrogens with two attached hydrogens (primary N) is 2. The Morgan fingerprint density at radius 2 is 1.93 bits per heavy atom. The maximum atomic E-state index is 14.0. The first-order valence-electron chi connectivity index (χ1n) is 9.43. The molecule has 30 heavy (non-hydrogen) atoms. The van der Waals surface area contributed by atoms with E-state index in [1.165, 1.54) is 18.5 Å². The molecular weight excluding hydrogens is 385 g/mol. The molecule has 0 spiro atoms. The first kappa shape index (κ1) is 19.4. The smallest absolute Gasteiger partial charge is 0.200 e. The lowest BCUT2D eigenvalue weighted by atomic mass is 9.97. The average molecular weight is 405 g/mol. The average Bonchev–Trinajstić information content (AvgIpc) is 2.75. The van der Waals surface area contributed by atoms with Crippen molar-refractivity contribution in [2.45, 2.75) is 19.4 Å². The Labute approximate surface area is 171 Å². The third-order valence-electron chi connectivity index (χ3n) is 4.89. The van der Waals surface area contributed by atoms with Gasteiger partial charge >= 0.3 is 0 Å². The van der Waals surface area contributed by atoms with Crippen LogP contribution in [0.15, 0.2) is 64.1 Å². The third kappa shape index (κ3) is 3.43. The number of anilines is 3. The van der Waals surface area contributed by atoms with Gasteiger partial charge in [0.05, 0.1) is 17.0 Å². The number of nitrogens with zero attached hydrogens (tertiary/aromatic N) is 2. The van der Waals surface area contributed by atoms with E-state index in [1.54, 1.807) is 36.4 Å². The van der Waals surface area contributed by atoms with Crippen LogP contribution in [0.4, 0.5) is 21.7 Å². The Kier molecular flexibility index (Phi) is 5.05. The Morgan fingerprint density at radius 1 is 1.13 bits per heavy atom. The molecule has 5 N–H and O–H groups in total. The molecule has 0 aliphatic heterocycles. The fourth-order valence-corrected chi connectivity index (χ4v) is 3.36. The van der Waals surface area contributed by atoms with Crippen molar-refractivity contribution in [3.63, 3.8) is 0 Å². The molecule has 4 aromatic rings. The zero-order chi connectivity index (χ0) is 21.3. The van der Waals surface area contributed by atoms with Gasteiger partial charge in [0.25, 0.3) is 0 Å². The van der Waals surface area contributed by atoms with Crippen molar-refractivity contribution in [3.05, 3.63) is 76.7 Å². The summed E-state index contributed by atoms with van der Waals surface area (Å²) in [4.78, 5) is 21.4. The summed E-state index contributed by atoms with van der Waals surface area (Å²) in [6.45, 7) is 1.92. The number of rotatable bonds is 5. The molecule has 7 nitrogen and oxygen atoms in total. The SMILES string of the molecule is CCC(Nc1ncnc(N)c1N)c1oc2ccccc2c(=O)c1-c1cccc(F)c1. The molecule has 0 bridgehead atoms. The summed E-state index contributed by atoms with van der Waals surface area (Å²) in [7, 11) is 0. The summed E-state index contributed by atoms with van der Waals surface area (Å²) >= 11 is 0. The molecule has 2 aromatic heterocycles. The lowest BCUT2D eigenvalue weighted by Crippen LogP contribution is -2.18. The largest absolute Gasteiger partial charge is 0.458 e. The quantitative estimate of drug-likeness (QED) is 0.457. The summed E-state index contributed by atoms with van der Waals surface area (Å²) < 4.78 is 20.1. The van der Waals surface area contributed by atoms with Crippen LogP contribution >= 0.6 is 0 Å². The Balaban J connectivity index is 1.94. The van der Waals surface area contributed by atoms with Crippen LogP contribution in [0.1, 0.15) is 25.1 Å². The zero-order valence-corrected chi connectivity index (χ0v) is 16.2. The summed E-state index contributed by atoms with van der Waals surface area (Å²) in [6.07, 6.45) is 1.83. The monoisotopic (exact) mass is 405 g/mol. The molecule has 4 rings (SSSR count). The van der Waals surface area contributed by atoms with E-state index in [0.717, 1.165) is 0 Å². The Bertz CT molecular complexity index is 1290. The van der Waals surface area contributed by atoms with Gasteiger partial charge in [-0.3, -0.25) is 4.79 Å². The number of aromatic nitrogens is 2. The highest BCUT2D eigenvalue weighted by molar-refractivity contribution is 5.83. The molecule has 2 heterocycles. The van der Waals surface area contributed by atoms with Gasteiger partial charge in [-0.1, -0.05) is 31.2 Å². The van der Waals surface area contributed by atoms with Crippen LogP contribution in [0, 0.1) is 5.82 Å². The Morgan fingerprint density at radius 3 is 2.70 bits per heavy atom. The number of halogens is 1. The van der Waals surface area contributed by atoms with E-state index in [4.69, 9.17) is 15.9 Å². The first-order chi connectivity index (χ1) is 14.5. The van der Waals surface area contributed by atoms with Crippen molar-refractivity contribution in [1.82, 2.24) is 9.97 Å². The van der Waals surface area contributed by atoms with Crippen molar-refractivity contribution in [2.24, 2.45) is 0 Å². The fourth-order valence-electron chi connectivity index (χ4n) is 3.36. The molecule has 1 unspecified atom stereocenters. The van der Waals surface area contributed by atoms with Crippen molar-refractivity contribution >= 4 is 28.3 Å². The summed E-state index contributed by atoms with van der Waals surface area (Å²) in [6, 6.07) is 12.3. The van der Waals surface area contributed by atoms with Crippen LogP contribution in [-0.2, 0) is 0 Å². The number of para-hydroxylation sites is 1. The van der Waals surface area contributed by atoms with E-state index in [1.807, 2.05) is 6.92 Å². The molecule has 2 aromatic carbocycles. The minimum Gasteiger partial charge on any atom is -0.458 e. The second-order valence-corrected chi connectivity index (χ2v) is 6.80. The molecule has 0 saturated carbocycles. The van der Waals surface area contributed by atoms with Gasteiger partial charge in [0, 0.05) is 0 Å². The normalized spacial score (nSPS) is 12.1. The van der Waals surface area contributed by atoms with E-state index in [-0.39, 0.29) is 22.5 Å². The summed E-state index contributed by atoms with van der Waals surface area (Å²) in [5.74, 6) is 0.395. The van der Waals surface area contributed by atoms with Gasteiger partial charge in [-0.25, -0.2) is 14.4 Å². The lowest BCUT2D eigenvalue weighted by Gasteiger charge is -2.21. The van der Waals surface area contributed by atoms with Crippen molar-refractivity contribution in [1.29, 1.82) is 0 Å². The Hall–Kier alpha value is -3.94. The third-order valence-corrected chi connectivity index (χ3v) is 4.89. The predicted molar refractivity (Wildman–Crippen MR) is 115 cm³/mol. The maximum absolute atomic E-state index is 14.0. The topological polar surface area (TPSA) is 120 Å². The van der Waals surface area contributed by atoms with Gasteiger partial charge in [0.2, 0.25) is 5.43 Å². The maximum Gasteiger partial charge on any atom is 0.200 e. The standard InChI is InChI=1S/C22H20FN5O2/c1-2-15(28-22-18(24)21(25)26-11-27-22)20-17(12-6-5-7-13(23)10-12)19(29)14-8-3-4-9-16(14)30-20/h3-11,15H,2,24H2,1H3,(H3,25,26,27,28). The highest BCUT2D eigenvalue weighted by atomic mass is 19.1. The van der Waals surface area contributed by atoms with Gasteiger partial charge in [0.15, 0.2) is 11.6 Å².